The number of hydrogen-bond donors (Lipinski definition) is 2. The zero-order valence-corrected chi connectivity index (χ0v) is 6.25. The molecule has 50 valence electrons. The molecule has 3 nitrogen and oxygen atoms in total. The molecule has 0 atom stereocenters. The largest absolute Gasteiger partial charge is 0.337 e. The standard InChI is InChI=1S/C5H9N3S/c1-3-4(2)9-5(6)8(3)7/h6H,7H2,1-2H3. The van der Waals surface area contributed by atoms with Crippen LogP contribution in [-0.4, -0.2) is 4.68 Å². The summed E-state index contributed by atoms with van der Waals surface area (Å²) in [5.41, 5.74) is 0.977. The maximum atomic E-state index is 7.24. The molecule has 0 bridgehead atoms. The maximum Gasteiger partial charge on any atom is 0.200 e. The Balaban J connectivity index is 3.47. The minimum atomic E-state index is 0.407. The third-order valence-corrected chi connectivity index (χ3v) is 2.33. The van der Waals surface area contributed by atoms with Crippen molar-refractivity contribution in [2.45, 2.75) is 13.8 Å². The molecule has 1 aromatic heterocycles. The Morgan fingerprint density at radius 2 is 2.11 bits per heavy atom. The Bertz CT molecular complexity index is 270. The molecule has 0 fully saturated rings. The molecule has 4 heteroatoms. The molecule has 1 heterocycles. The smallest absolute Gasteiger partial charge is 0.200 e. The molecule has 1 aromatic rings. The van der Waals surface area contributed by atoms with Crippen molar-refractivity contribution >= 4 is 11.3 Å². The van der Waals surface area contributed by atoms with Gasteiger partial charge in [-0.1, -0.05) is 0 Å². The number of nitrogens with zero attached hydrogens (tertiary/aromatic N) is 1. The molecular formula is C5H9N3S. The van der Waals surface area contributed by atoms with Crippen LogP contribution < -0.4 is 10.6 Å². The van der Waals surface area contributed by atoms with Gasteiger partial charge in [0, 0.05) is 4.88 Å². The zero-order chi connectivity index (χ0) is 7.02. The normalized spacial score (nSPS) is 10.0. The third kappa shape index (κ3) is 0.853. The van der Waals surface area contributed by atoms with Crippen LogP contribution >= 0.6 is 11.3 Å². The van der Waals surface area contributed by atoms with E-state index >= 15 is 0 Å². The zero-order valence-electron chi connectivity index (χ0n) is 5.43. The second kappa shape index (κ2) is 1.88. The molecule has 9 heavy (non-hydrogen) atoms. The third-order valence-electron chi connectivity index (χ3n) is 1.34. The fourth-order valence-electron chi connectivity index (χ4n) is 0.590. The molecule has 1 rings (SSSR count). The first-order valence-electron chi connectivity index (χ1n) is 2.61. The van der Waals surface area contributed by atoms with Crippen LogP contribution in [0.15, 0.2) is 0 Å². The summed E-state index contributed by atoms with van der Waals surface area (Å²) in [6.45, 7) is 3.87. The quantitative estimate of drug-likeness (QED) is 0.506. The van der Waals surface area contributed by atoms with Crippen molar-refractivity contribution in [1.82, 2.24) is 4.68 Å². The van der Waals surface area contributed by atoms with E-state index < -0.39 is 0 Å². The van der Waals surface area contributed by atoms with E-state index in [1.807, 2.05) is 13.8 Å². The summed E-state index contributed by atoms with van der Waals surface area (Å²) in [6.07, 6.45) is 0. The predicted molar refractivity (Wildman–Crippen MR) is 37.8 cm³/mol. The lowest BCUT2D eigenvalue weighted by atomic mass is 10.4. The summed E-state index contributed by atoms with van der Waals surface area (Å²) in [5, 5.41) is 7.24. The highest BCUT2D eigenvalue weighted by Gasteiger charge is 1.98. The highest BCUT2D eigenvalue weighted by molar-refractivity contribution is 7.09. The van der Waals surface area contributed by atoms with Gasteiger partial charge in [0.1, 0.15) is 0 Å². The Morgan fingerprint density at radius 1 is 1.56 bits per heavy atom. The van der Waals surface area contributed by atoms with E-state index in [2.05, 4.69) is 0 Å². The number of thiazole rings is 1. The summed E-state index contributed by atoms with van der Waals surface area (Å²) < 4.78 is 1.39. The number of rotatable bonds is 0. The first-order chi connectivity index (χ1) is 4.13. The van der Waals surface area contributed by atoms with E-state index in [-0.39, 0.29) is 0 Å². The van der Waals surface area contributed by atoms with Gasteiger partial charge in [-0.3, -0.25) is 5.41 Å². The van der Waals surface area contributed by atoms with Gasteiger partial charge in [0.25, 0.3) is 0 Å². The minimum absolute atomic E-state index is 0.407. The number of aryl methyl sites for hydroxylation is 1. The molecule has 0 unspecified atom stereocenters. The molecule has 0 saturated carbocycles. The maximum absolute atomic E-state index is 7.24. The van der Waals surface area contributed by atoms with E-state index in [1.165, 1.54) is 16.0 Å². The van der Waals surface area contributed by atoms with Crippen LogP contribution in [0.4, 0.5) is 0 Å². The van der Waals surface area contributed by atoms with E-state index in [9.17, 15) is 0 Å². The highest BCUT2D eigenvalue weighted by Crippen LogP contribution is 2.05. The molecule has 0 aliphatic carbocycles. The van der Waals surface area contributed by atoms with Gasteiger partial charge >= 0.3 is 0 Å². The van der Waals surface area contributed by atoms with Crippen LogP contribution in [0.3, 0.4) is 0 Å². The summed E-state index contributed by atoms with van der Waals surface area (Å²) in [4.78, 5) is 1.52. The van der Waals surface area contributed by atoms with Crippen molar-refractivity contribution in [3.8, 4) is 0 Å². The molecule has 3 N–H and O–H groups in total. The number of nitrogens with one attached hydrogen (secondary N) is 1. The van der Waals surface area contributed by atoms with Crippen LogP contribution in [-0.2, 0) is 0 Å². The van der Waals surface area contributed by atoms with Crippen molar-refractivity contribution in [2.24, 2.45) is 0 Å². The first kappa shape index (κ1) is 6.35. The number of hydrogen-bond acceptors (Lipinski definition) is 3. The minimum Gasteiger partial charge on any atom is -0.337 e. The average Bonchev–Trinajstić information content (AvgIpc) is 1.98. The highest BCUT2D eigenvalue weighted by atomic mass is 32.1. The molecule has 0 spiro atoms. The Kier molecular flexibility index (Phi) is 1.32. The number of aromatic nitrogens is 1. The average molecular weight is 143 g/mol. The summed E-state index contributed by atoms with van der Waals surface area (Å²) in [6, 6.07) is 0. The van der Waals surface area contributed by atoms with Gasteiger partial charge < -0.3 is 5.84 Å². The van der Waals surface area contributed by atoms with Crippen LogP contribution in [0.5, 0.6) is 0 Å². The van der Waals surface area contributed by atoms with Crippen LogP contribution in [0.1, 0.15) is 10.6 Å². The Morgan fingerprint density at radius 3 is 2.22 bits per heavy atom. The molecule has 0 aromatic carbocycles. The summed E-state index contributed by atoms with van der Waals surface area (Å²) in [7, 11) is 0. The van der Waals surface area contributed by atoms with Gasteiger partial charge in [-0.2, -0.15) is 0 Å². The van der Waals surface area contributed by atoms with Crippen molar-refractivity contribution < 1.29 is 0 Å². The second-order valence-corrected chi connectivity index (χ2v) is 3.12. The van der Waals surface area contributed by atoms with Gasteiger partial charge in [-0.15, -0.1) is 11.3 Å². The second-order valence-electron chi connectivity index (χ2n) is 1.92. The molecular weight excluding hydrogens is 134 g/mol. The van der Waals surface area contributed by atoms with Gasteiger partial charge in [0.2, 0.25) is 4.80 Å². The van der Waals surface area contributed by atoms with E-state index in [0.717, 1.165) is 10.6 Å². The van der Waals surface area contributed by atoms with Gasteiger partial charge in [-0.05, 0) is 13.8 Å². The van der Waals surface area contributed by atoms with Crippen molar-refractivity contribution in [3.05, 3.63) is 15.4 Å². The Labute approximate surface area is 57.2 Å². The lowest BCUT2D eigenvalue weighted by molar-refractivity contribution is 0.882. The lowest BCUT2D eigenvalue weighted by Crippen LogP contribution is -2.22. The van der Waals surface area contributed by atoms with E-state index in [1.54, 1.807) is 0 Å². The number of nitrogen functional groups attached to an aromatic ring is 1. The monoisotopic (exact) mass is 143 g/mol. The SMILES string of the molecule is Cc1sc(=N)n(N)c1C. The molecule has 0 aliphatic rings. The molecule has 0 radical (unpaired) electrons. The Hall–Kier alpha value is -0.770. The van der Waals surface area contributed by atoms with Gasteiger partial charge in [-0.25, -0.2) is 4.68 Å². The van der Waals surface area contributed by atoms with Crippen LogP contribution in [0.25, 0.3) is 0 Å². The van der Waals surface area contributed by atoms with Crippen molar-refractivity contribution in [1.29, 1.82) is 5.41 Å². The fourth-order valence-corrected chi connectivity index (χ4v) is 1.36. The molecule has 0 amide bonds. The van der Waals surface area contributed by atoms with Gasteiger partial charge in [0.15, 0.2) is 0 Å². The lowest BCUT2D eigenvalue weighted by Gasteiger charge is -1.92. The fraction of sp³-hybridized carbons (Fsp3) is 0.400. The van der Waals surface area contributed by atoms with Crippen LogP contribution in [0, 0.1) is 19.3 Å². The van der Waals surface area contributed by atoms with E-state index in [0.29, 0.717) is 4.80 Å². The van der Waals surface area contributed by atoms with Crippen molar-refractivity contribution in [2.75, 3.05) is 5.84 Å². The topological polar surface area (TPSA) is 54.8 Å². The molecule has 0 saturated heterocycles. The van der Waals surface area contributed by atoms with Crippen LogP contribution in [0.2, 0.25) is 0 Å². The number of nitrogens with two attached hydrogens (primary N) is 1. The summed E-state index contributed by atoms with van der Waals surface area (Å²) in [5.74, 6) is 5.44. The molecule has 0 aliphatic heterocycles. The predicted octanol–water partition coefficient (Wildman–Crippen LogP) is 0.360. The van der Waals surface area contributed by atoms with Crippen molar-refractivity contribution in [3.63, 3.8) is 0 Å². The first-order valence-corrected chi connectivity index (χ1v) is 3.43. The van der Waals surface area contributed by atoms with E-state index in [4.69, 9.17) is 11.3 Å². The summed E-state index contributed by atoms with van der Waals surface area (Å²) >= 11 is 1.40. The van der Waals surface area contributed by atoms with Gasteiger partial charge in [0.05, 0.1) is 5.69 Å².